The molecule has 4 atom stereocenters. The number of benzene rings is 4. The maximum atomic E-state index is 13.9. The number of amides is 6. The van der Waals surface area contributed by atoms with Crippen molar-refractivity contribution in [2.45, 2.75) is 75.9 Å². The van der Waals surface area contributed by atoms with Gasteiger partial charge in [-0.3, -0.25) is 29.4 Å². The Balaban J connectivity index is 1.06. The third-order valence-corrected chi connectivity index (χ3v) is 15.0. The molecule has 2 saturated heterocycles. The van der Waals surface area contributed by atoms with Gasteiger partial charge in [0.05, 0.1) is 34.2 Å². The van der Waals surface area contributed by atoms with Gasteiger partial charge in [0, 0.05) is 130 Å². The van der Waals surface area contributed by atoms with Gasteiger partial charge in [0.25, 0.3) is 11.6 Å². The number of thioether (sulfide) groups is 1. The SMILES string of the molecule is CCC(=O)NCCNC(=O)OC(C)c1cc(CN(CCNC(=O)CCCCC2SCC3NC(=O)NC32)CCNC(=O)c2ccc(-c3c4ccc(=[N+](C)C)cc-4oc4cc(N(C)C)ccc34)c(C(=O)O)c2)ccc1[N+](=O)[O-]. The summed E-state index contributed by atoms with van der Waals surface area (Å²) in [6.45, 7) is 4.62. The molecule has 3 heterocycles. The van der Waals surface area contributed by atoms with Gasteiger partial charge in [-0.2, -0.15) is 11.8 Å². The summed E-state index contributed by atoms with van der Waals surface area (Å²) in [7, 11) is 7.68. The Bertz CT molecular complexity index is 3030. The maximum absolute atomic E-state index is 13.9. The number of nitro benzene ring substituents is 1. The van der Waals surface area contributed by atoms with Crippen LogP contribution in [0.25, 0.3) is 33.4 Å². The van der Waals surface area contributed by atoms with Crippen molar-refractivity contribution in [3.8, 4) is 22.5 Å². The van der Waals surface area contributed by atoms with Crippen molar-refractivity contribution < 1.29 is 48.0 Å². The fourth-order valence-electron chi connectivity index (χ4n) is 9.42. The minimum atomic E-state index is -1.22. The number of nitrogens with zero attached hydrogens (tertiary/aromatic N) is 4. The smallest absolute Gasteiger partial charge is 0.407 e. The van der Waals surface area contributed by atoms with E-state index in [2.05, 4.69) is 31.9 Å². The summed E-state index contributed by atoms with van der Waals surface area (Å²) in [5, 5.41) is 41.8. The van der Waals surface area contributed by atoms with Gasteiger partial charge in [0.2, 0.25) is 17.2 Å². The van der Waals surface area contributed by atoms with Crippen LogP contribution < -0.4 is 46.7 Å². The van der Waals surface area contributed by atoms with Gasteiger partial charge < -0.3 is 51.1 Å². The third kappa shape index (κ3) is 14.2. The predicted molar refractivity (Wildman–Crippen MR) is 291 cm³/mol. The molecule has 0 radical (unpaired) electrons. The zero-order valence-corrected chi connectivity index (χ0v) is 44.5. The molecule has 2 fully saturated rings. The predicted octanol–water partition coefficient (Wildman–Crippen LogP) is 5.30. The van der Waals surface area contributed by atoms with Crippen LogP contribution in [-0.2, 0) is 20.9 Å². The van der Waals surface area contributed by atoms with E-state index < -0.39 is 29.0 Å². The summed E-state index contributed by atoms with van der Waals surface area (Å²) in [4.78, 5) is 91.6. The molecule has 0 saturated carbocycles. The number of carbonyl (C=O) groups excluding carboxylic acids is 5. The first-order chi connectivity index (χ1) is 36.4. The average Bonchev–Trinajstić information content (AvgIpc) is 3.98. The van der Waals surface area contributed by atoms with Crippen LogP contribution in [0.5, 0.6) is 0 Å². The number of carboxylic acids is 1. The third-order valence-electron chi connectivity index (χ3n) is 13.5. The largest absolute Gasteiger partial charge is 0.478 e. The van der Waals surface area contributed by atoms with Gasteiger partial charge in [-0.1, -0.05) is 25.5 Å². The summed E-state index contributed by atoms with van der Waals surface area (Å²) in [5.41, 5.74) is 3.76. The van der Waals surface area contributed by atoms with Gasteiger partial charge in [0.1, 0.15) is 31.5 Å². The molecular weight excluding hydrogens is 997 g/mol. The lowest BCUT2D eigenvalue weighted by Gasteiger charge is -2.24. The number of nitro groups is 1. The molecule has 21 nitrogen and oxygen atoms in total. The lowest BCUT2D eigenvalue weighted by molar-refractivity contribution is -0.386. The van der Waals surface area contributed by atoms with E-state index in [-0.39, 0.29) is 98.0 Å². The summed E-state index contributed by atoms with van der Waals surface area (Å²) >= 11 is 1.83. The quantitative estimate of drug-likeness (QED) is 0.0103. The lowest BCUT2D eigenvalue weighted by Crippen LogP contribution is -2.39. The molecule has 0 aromatic heterocycles. The van der Waals surface area contributed by atoms with Crippen molar-refractivity contribution in [2.24, 2.45) is 0 Å². The summed E-state index contributed by atoms with van der Waals surface area (Å²) in [6, 6.07) is 20.7. The van der Waals surface area contributed by atoms with E-state index in [4.69, 9.17) is 9.15 Å². The second-order valence-corrected chi connectivity index (χ2v) is 20.5. The zero-order chi connectivity index (χ0) is 54.6. The van der Waals surface area contributed by atoms with E-state index in [1.165, 1.54) is 19.1 Å². The second kappa shape index (κ2) is 25.7. The van der Waals surface area contributed by atoms with E-state index in [1.807, 2.05) is 90.7 Å². The Labute approximate surface area is 444 Å². The number of aromatic carboxylic acids is 1. The van der Waals surface area contributed by atoms with E-state index in [1.54, 1.807) is 31.2 Å². The fraction of sp³-hybridized carbons (Fsp3) is 0.426. The van der Waals surface area contributed by atoms with Crippen molar-refractivity contribution in [3.05, 3.63) is 111 Å². The maximum Gasteiger partial charge on any atom is 0.407 e. The molecular formula is C54H67N10O11S+. The van der Waals surface area contributed by atoms with Crippen LogP contribution in [0.4, 0.5) is 21.0 Å². The van der Waals surface area contributed by atoms with Gasteiger partial charge >= 0.3 is 18.1 Å². The first-order valence-corrected chi connectivity index (χ1v) is 26.5. The van der Waals surface area contributed by atoms with Gasteiger partial charge in [-0.05, 0) is 67.3 Å². The van der Waals surface area contributed by atoms with Gasteiger partial charge in [-0.15, -0.1) is 0 Å². The number of fused-ring (bicyclic) bond motifs is 3. The van der Waals surface area contributed by atoms with Gasteiger partial charge in [0.15, 0.2) is 0 Å². The Kier molecular flexibility index (Phi) is 18.9. The van der Waals surface area contributed by atoms with E-state index in [9.17, 15) is 44.0 Å². The van der Waals surface area contributed by atoms with Crippen LogP contribution in [0.2, 0.25) is 0 Å². The van der Waals surface area contributed by atoms with E-state index in [0.717, 1.165) is 29.6 Å². The lowest BCUT2D eigenvalue weighted by atomic mass is 9.89. The molecule has 3 aliphatic heterocycles. The molecule has 4 unspecified atom stereocenters. The first-order valence-electron chi connectivity index (χ1n) is 25.4. The highest BCUT2D eigenvalue weighted by Gasteiger charge is 2.42. The molecule has 404 valence electrons. The first kappa shape index (κ1) is 56.0. The highest BCUT2D eigenvalue weighted by atomic mass is 32.2. The molecule has 3 aromatic carbocycles. The van der Waals surface area contributed by atoms with Crippen molar-refractivity contribution in [1.29, 1.82) is 0 Å². The number of ether oxygens (including phenoxy) is 1. The number of hydrogen-bond donors (Lipinski definition) is 7. The van der Waals surface area contributed by atoms with Crippen molar-refractivity contribution in [3.63, 3.8) is 0 Å². The molecule has 7 rings (SSSR count). The normalized spacial score (nSPS) is 16.1. The second-order valence-electron chi connectivity index (χ2n) is 19.3. The Morgan fingerprint density at radius 1 is 0.882 bits per heavy atom. The monoisotopic (exact) mass is 1060 g/mol. The molecule has 76 heavy (non-hydrogen) atoms. The molecule has 0 spiro atoms. The minimum Gasteiger partial charge on any atom is -0.478 e. The number of rotatable bonds is 24. The standard InChI is InChI=1S/C54H66N10O11S/c1-7-47(65)55-20-21-58-54(71)74-32(2)40-26-33(12-19-43(40)64(72)73)30-63(24-22-56-48(66)11-9-8-10-46-50-42(31-76-46)59-53(70)60-50)25-23-57-51(67)34-13-16-37(41(27-34)52(68)69)49-38-17-14-35(61(3)4)28-44(38)75-45-29-36(62(5)6)15-18-39(45)49/h12-19,26-29,32,42,46,50H,7-11,20-25,30-31H2,1-6H3,(H6-,55,56,57,58,59,60,65,66,67,68,69,70,71)/p+1. The van der Waals surface area contributed by atoms with Crippen LogP contribution >= 0.6 is 11.8 Å². The highest BCUT2D eigenvalue weighted by molar-refractivity contribution is 8.00. The van der Waals surface area contributed by atoms with Crippen molar-refractivity contribution in [2.75, 3.05) is 78.1 Å². The summed E-state index contributed by atoms with van der Waals surface area (Å²) in [5.74, 6) is -0.632. The number of urea groups is 1. The number of alkyl carbamates (subject to hydrolysis) is 1. The van der Waals surface area contributed by atoms with E-state index in [0.29, 0.717) is 63.6 Å². The van der Waals surface area contributed by atoms with Crippen LogP contribution in [0.15, 0.2) is 77.2 Å². The fourth-order valence-corrected chi connectivity index (χ4v) is 11.0. The highest BCUT2D eigenvalue weighted by Crippen LogP contribution is 2.42. The topological polar surface area (TPSA) is 270 Å². The number of carbonyl (C=O) groups is 6. The van der Waals surface area contributed by atoms with E-state index >= 15 is 0 Å². The molecule has 4 aliphatic rings. The molecule has 6 amide bonds. The Morgan fingerprint density at radius 2 is 1.62 bits per heavy atom. The summed E-state index contributed by atoms with van der Waals surface area (Å²) < 4.78 is 13.9. The van der Waals surface area contributed by atoms with Crippen LogP contribution in [0.3, 0.4) is 0 Å². The molecule has 0 bridgehead atoms. The summed E-state index contributed by atoms with van der Waals surface area (Å²) in [6.07, 6.45) is 1.11. The molecule has 1 aliphatic carbocycles. The van der Waals surface area contributed by atoms with Crippen LogP contribution in [-0.4, -0.2) is 141 Å². The molecule has 7 N–H and O–H groups in total. The number of hydrogen-bond acceptors (Lipinski definition) is 13. The number of carboxylic acid groups (broad SMARTS) is 1. The van der Waals surface area contributed by atoms with Crippen molar-refractivity contribution >= 4 is 69.9 Å². The average molecular weight is 1060 g/mol. The van der Waals surface area contributed by atoms with Crippen molar-refractivity contribution in [1.82, 2.24) is 41.4 Å². The number of unbranched alkanes of at least 4 members (excludes halogenated alkanes) is 1. The Hall–Kier alpha value is -7.72. The van der Waals surface area contributed by atoms with Gasteiger partial charge in [-0.25, -0.2) is 19.0 Å². The van der Waals surface area contributed by atoms with Crippen LogP contribution in [0.1, 0.15) is 83.9 Å². The molecule has 3 aromatic rings. The number of anilines is 1. The van der Waals surface area contributed by atoms with Crippen LogP contribution in [0, 0.1) is 10.1 Å². The minimum absolute atomic E-state index is 0.0806. The Morgan fingerprint density at radius 3 is 2.34 bits per heavy atom. The molecule has 22 heteroatoms. The number of nitrogens with one attached hydrogen (secondary N) is 6. The zero-order valence-electron chi connectivity index (χ0n) is 43.7.